The van der Waals surface area contributed by atoms with Gasteiger partial charge in [-0.15, -0.1) is 0 Å². The Kier molecular flexibility index (Phi) is 7.24. The van der Waals surface area contributed by atoms with Gasteiger partial charge in [0, 0.05) is 26.2 Å². The SMILES string of the molecule is COCCOCC(O)CN(CC1CCNCC1)C1CC1. The summed E-state index contributed by atoms with van der Waals surface area (Å²) in [5.74, 6) is 0.790. The second-order valence-corrected chi connectivity index (χ2v) is 6.10. The molecule has 1 unspecified atom stereocenters. The van der Waals surface area contributed by atoms with E-state index in [-0.39, 0.29) is 6.10 Å². The van der Waals surface area contributed by atoms with Crippen molar-refractivity contribution < 1.29 is 14.6 Å². The van der Waals surface area contributed by atoms with Gasteiger partial charge in [0.2, 0.25) is 0 Å². The highest BCUT2D eigenvalue weighted by molar-refractivity contribution is 4.87. The molecule has 5 heteroatoms. The highest BCUT2D eigenvalue weighted by Gasteiger charge is 2.32. The number of aliphatic hydroxyl groups excluding tert-OH is 1. The number of methoxy groups -OCH3 is 1. The third-order valence-corrected chi connectivity index (χ3v) is 4.20. The van der Waals surface area contributed by atoms with Gasteiger partial charge in [-0.05, 0) is 44.7 Å². The van der Waals surface area contributed by atoms with Crippen molar-refractivity contribution >= 4 is 0 Å². The Morgan fingerprint density at radius 2 is 1.95 bits per heavy atom. The Hall–Kier alpha value is -0.200. The Morgan fingerprint density at radius 1 is 1.20 bits per heavy atom. The van der Waals surface area contributed by atoms with Crippen LogP contribution in [-0.2, 0) is 9.47 Å². The summed E-state index contributed by atoms with van der Waals surface area (Å²) in [5, 5.41) is 13.5. The molecule has 1 heterocycles. The number of nitrogens with zero attached hydrogens (tertiary/aromatic N) is 1. The van der Waals surface area contributed by atoms with E-state index in [1.54, 1.807) is 7.11 Å². The molecule has 20 heavy (non-hydrogen) atoms. The van der Waals surface area contributed by atoms with Crippen LogP contribution in [0.3, 0.4) is 0 Å². The predicted octanol–water partition coefficient (Wildman–Crippen LogP) is 0.474. The molecule has 1 saturated carbocycles. The maximum absolute atomic E-state index is 10.1. The van der Waals surface area contributed by atoms with Crippen molar-refractivity contribution in [3.05, 3.63) is 0 Å². The summed E-state index contributed by atoms with van der Waals surface area (Å²) in [7, 11) is 1.66. The zero-order valence-electron chi connectivity index (χ0n) is 12.7. The lowest BCUT2D eigenvalue weighted by Crippen LogP contribution is -2.42. The van der Waals surface area contributed by atoms with Gasteiger partial charge in [0.15, 0.2) is 0 Å². The third-order valence-electron chi connectivity index (χ3n) is 4.20. The fourth-order valence-electron chi connectivity index (χ4n) is 2.89. The van der Waals surface area contributed by atoms with Gasteiger partial charge in [0.25, 0.3) is 0 Å². The van der Waals surface area contributed by atoms with E-state index in [1.165, 1.54) is 25.7 Å². The zero-order chi connectivity index (χ0) is 14.2. The summed E-state index contributed by atoms with van der Waals surface area (Å²) in [5.41, 5.74) is 0. The molecular weight excluding hydrogens is 256 g/mol. The molecule has 0 radical (unpaired) electrons. The number of ether oxygens (including phenoxy) is 2. The van der Waals surface area contributed by atoms with Crippen molar-refractivity contribution in [2.45, 2.75) is 37.8 Å². The normalized spacial score (nSPS) is 22.4. The minimum Gasteiger partial charge on any atom is -0.389 e. The smallest absolute Gasteiger partial charge is 0.0900 e. The minimum atomic E-state index is -0.380. The van der Waals surface area contributed by atoms with Crippen molar-refractivity contribution in [1.82, 2.24) is 10.2 Å². The Bertz CT molecular complexity index is 256. The van der Waals surface area contributed by atoms with Crippen LogP contribution in [0.2, 0.25) is 0 Å². The second kappa shape index (κ2) is 8.95. The zero-order valence-corrected chi connectivity index (χ0v) is 12.7. The van der Waals surface area contributed by atoms with Crippen LogP contribution in [0.25, 0.3) is 0 Å². The third kappa shape index (κ3) is 6.06. The van der Waals surface area contributed by atoms with E-state index in [4.69, 9.17) is 9.47 Å². The molecule has 0 aromatic heterocycles. The molecule has 1 saturated heterocycles. The molecule has 1 aliphatic carbocycles. The number of aliphatic hydroxyl groups is 1. The van der Waals surface area contributed by atoms with Gasteiger partial charge in [-0.2, -0.15) is 0 Å². The molecule has 2 rings (SSSR count). The van der Waals surface area contributed by atoms with E-state index < -0.39 is 0 Å². The van der Waals surface area contributed by atoms with Gasteiger partial charge in [0.1, 0.15) is 0 Å². The van der Waals surface area contributed by atoms with Crippen LogP contribution >= 0.6 is 0 Å². The van der Waals surface area contributed by atoms with E-state index >= 15 is 0 Å². The van der Waals surface area contributed by atoms with Gasteiger partial charge in [0.05, 0.1) is 25.9 Å². The Morgan fingerprint density at radius 3 is 2.60 bits per heavy atom. The fraction of sp³-hybridized carbons (Fsp3) is 1.00. The number of hydrogen-bond donors (Lipinski definition) is 2. The van der Waals surface area contributed by atoms with Crippen LogP contribution in [0.15, 0.2) is 0 Å². The van der Waals surface area contributed by atoms with Crippen molar-refractivity contribution in [3.63, 3.8) is 0 Å². The summed E-state index contributed by atoms with van der Waals surface area (Å²) in [6.07, 6.45) is 4.74. The largest absolute Gasteiger partial charge is 0.389 e. The lowest BCUT2D eigenvalue weighted by molar-refractivity contribution is -0.00411. The fourth-order valence-corrected chi connectivity index (χ4v) is 2.89. The minimum absolute atomic E-state index is 0.380. The first-order valence-corrected chi connectivity index (χ1v) is 7.99. The van der Waals surface area contributed by atoms with Crippen LogP contribution in [0.1, 0.15) is 25.7 Å². The highest BCUT2D eigenvalue weighted by atomic mass is 16.5. The maximum atomic E-state index is 10.1. The van der Waals surface area contributed by atoms with Crippen molar-refractivity contribution in [2.75, 3.05) is 53.1 Å². The molecular formula is C15H30N2O3. The molecule has 0 bridgehead atoms. The van der Waals surface area contributed by atoms with E-state index in [1.807, 2.05) is 0 Å². The topological polar surface area (TPSA) is 54.0 Å². The first-order valence-electron chi connectivity index (χ1n) is 7.99. The molecule has 0 aromatic rings. The summed E-state index contributed by atoms with van der Waals surface area (Å²) in [6.45, 7) is 5.75. The molecule has 2 fully saturated rings. The summed E-state index contributed by atoms with van der Waals surface area (Å²) >= 11 is 0. The van der Waals surface area contributed by atoms with Gasteiger partial charge < -0.3 is 19.9 Å². The van der Waals surface area contributed by atoms with Gasteiger partial charge in [-0.3, -0.25) is 4.90 Å². The Balaban J connectivity index is 1.65. The number of piperidine rings is 1. The van der Waals surface area contributed by atoms with Crippen molar-refractivity contribution in [2.24, 2.45) is 5.92 Å². The van der Waals surface area contributed by atoms with Gasteiger partial charge in [-0.25, -0.2) is 0 Å². The second-order valence-electron chi connectivity index (χ2n) is 6.10. The van der Waals surface area contributed by atoms with Crippen LogP contribution in [0.5, 0.6) is 0 Å². The molecule has 118 valence electrons. The molecule has 5 nitrogen and oxygen atoms in total. The average Bonchev–Trinajstić information content (AvgIpc) is 3.29. The number of rotatable bonds is 10. The van der Waals surface area contributed by atoms with E-state index in [9.17, 15) is 5.11 Å². The number of hydrogen-bond acceptors (Lipinski definition) is 5. The van der Waals surface area contributed by atoms with Crippen LogP contribution in [0, 0.1) is 5.92 Å². The lowest BCUT2D eigenvalue weighted by atomic mass is 9.97. The first kappa shape index (κ1) is 16.2. The molecule has 1 atom stereocenters. The summed E-state index contributed by atoms with van der Waals surface area (Å²) in [4.78, 5) is 2.49. The van der Waals surface area contributed by atoms with E-state index in [2.05, 4.69) is 10.2 Å². The molecule has 0 aromatic carbocycles. The molecule has 2 N–H and O–H groups in total. The van der Waals surface area contributed by atoms with Crippen molar-refractivity contribution in [1.29, 1.82) is 0 Å². The van der Waals surface area contributed by atoms with E-state index in [0.717, 1.165) is 32.1 Å². The van der Waals surface area contributed by atoms with Crippen LogP contribution < -0.4 is 5.32 Å². The van der Waals surface area contributed by atoms with Crippen LogP contribution in [-0.4, -0.2) is 75.3 Å². The van der Waals surface area contributed by atoms with Gasteiger partial charge in [-0.1, -0.05) is 0 Å². The Labute approximate surface area is 122 Å². The number of nitrogens with one attached hydrogen (secondary N) is 1. The molecule has 0 spiro atoms. The molecule has 2 aliphatic rings. The predicted molar refractivity (Wildman–Crippen MR) is 78.9 cm³/mol. The quantitative estimate of drug-likeness (QED) is 0.572. The monoisotopic (exact) mass is 286 g/mol. The highest BCUT2D eigenvalue weighted by Crippen LogP contribution is 2.29. The van der Waals surface area contributed by atoms with Crippen molar-refractivity contribution in [3.8, 4) is 0 Å². The lowest BCUT2D eigenvalue weighted by Gasteiger charge is -2.31. The average molecular weight is 286 g/mol. The standard InChI is InChI=1S/C15H30N2O3/c1-19-8-9-20-12-15(18)11-17(14-2-3-14)10-13-4-6-16-7-5-13/h13-16,18H,2-12H2,1H3. The summed E-state index contributed by atoms with van der Waals surface area (Å²) in [6, 6.07) is 0.707. The molecule has 1 aliphatic heterocycles. The first-order chi connectivity index (χ1) is 9.79. The van der Waals surface area contributed by atoms with E-state index in [0.29, 0.717) is 25.9 Å². The van der Waals surface area contributed by atoms with Gasteiger partial charge >= 0.3 is 0 Å². The van der Waals surface area contributed by atoms with Crippen LogP contribution in [0.4, 0.5) is 0 Å². The molecule has 0 amide bonds. The maximum Gasteiger partial charge on any atom is 0.0900 e. The summed E-state index contributed by atoms with van der Waals surface area (Å²) < 4.78 is 10.3.